The number of ether oxygens (including phenoxy) is 1. The number of nitrogens with zero attached hydrogens (tertiary/aromatic N) is 1. The molecule has 1 aliphatic heterocycles. The van der Waals surface area contributed by atoms with Crippen LogP contribution in [0, 0.1) is 13.8 Å². The number of aliphatic hydroxyl groups is 1. The molecule has 2 aromatic rings. The summed E-state index contributed by atoms with van der Waals surface area (Å²) in [6, 6.07) is 12.3. The standard InChI is InChI=1S/C22H28N2O5S/c1-4-10-30(27,28)23-17-6-5-7-18(12-17)29-21-14-24(13-20(21)25)22(26)19-11-15(2)8-9-16(19)3/h5-9,11-12,20-21,23,25H,4,10,13-14H2,1-3H3/t20-,21-/m1/s1. The van der Waals surface area contributed by atoms with Gasteiger partial charge in [-0.15, -0.1) is 0 Å². The van der Waals surface area contributed by atoms with Crippen molar-refractivity contribution in [2.24, 2.45) is 0 Å². The van der Waals surface area contributed by atoms with Crippen LogP contribution in [-0.4, -0.2) is 55.4 Å². The van der Waals surface area contributed by atoms with Crippen molar-refractivity contribution in [2.45, 2.75) is 39.4 Å². The summed E-state index contributed by atoms with van der Waals surface area (Å²) in [6.07, 6.45) is -0.912. The molecule has 1 saturated heterocycles. The van der Waals surface area contributed by atoms with Crippen LogP contribution in [0.4, 0.5) is 5.69 Å². The molecule has 2 aromatic carbocycles. The molecule has 2 atom stereocenters. The molecule has 0 unspecified atom stereocenters. The molecule has 1 heterocycles. The van der Waals surface area contributed by atoms with Crippen LogP contribution in [0.3, 0.4) is 0 Å². The molecule has 0 radical (unpaired) electrons. The first-order valence-corrected chi connectivity index (χ1v) is 11.7. The van der Waals surface area contributed by atoms with Crippen LogP contribution in [0.5, 0.6) is 5.75 Å². The fourth-order valence-electron chi connectivity index (χ4n) is 3.48. The lowest BCUT2D eigenvalue weighted by atomic mass is 10.0. The molecule has 1 aliphatic rings. The van der Waals surface area contributed by atoms with Crippen LogP contribution in [0.2, 0.25) is 0 Å². The Kier molecular flexibility index (Phi) is 6.67. The molecule has 30 heavy (non-hydrogen) atoms. The van der Waals surface area contributed by atoms with Crippen molar-refractivity contribution >= 4 is 21.6 Å². The number of aryl methyl sites for hydroxylation is 2. The minimum atomic E-state index is -3.41. The van der Waals surface area contributed by atoms with Crippen LogP contribution < -0.4 is 9.46 Å². The molecule has 0 aliphatic carbocycles. The van der Waals surface area contributed by atoms with E-state index in [0.717, 1.165) is 11.1 Å². The van der Waals surface area contributed by atoms with Gasteiger partial charge in [0.15, 0.2) is 0 Å². The Morgan fingerprint density at radius 3 is 2.70 bits per heavy atom. The summed E-state index contributed by atoms with van der Waals surface area (Å²) in [6.45, 7) is 6.05. The Bertz CT molecular complexity index is 1020. The zero-order chi connectivity index (χ0) is 21.9. The van der Waals surface area contributed by atoms with Crippen molar-refractivity contribution in [1.82, 2.24) is 4.90 Å². The first kappa shape index (κ1) is 22.1. The second-order valence-electron chi connectivity index (χ2n) is 7.70. The van der Waals surface area contributed by atoms with Gasteiger partial charge in [0.25, 0.3) is 5.91 Å². The van der Waals surface area contributed by atoms with Crippen molar-refractivity contribution in [3.8, 4) is 5.75 Å². The zero-order valence-corrected chi connectivity index (χ0v) is 18.3. The van der Waals surface area contributed by atoms with Gasteiger partial charge in [-0.3, -0.25) is 9.52 Å². The van der Waals surface area contributed by atoms with Gasteiger partial charge >= 0.3 is 0 Å². The lowest BCUT2D eigenvalue weighted by Gasteiger charge is -2.19. The number of sulfonamides is 1. The summed E-state index contributed by atoms with van der Waals surface area (Å²) in [7, 11) is -3.41. The predicted molar refractivity (Wildman–Crippen MR) is 116 cm³/mol. The first-order chi connectivity index (χ1) is 14.2. The van der Waals surface area contributed by atoms with Gasteiger partial charge in [-0.2, -0.15) is 0 Å². The van der Waals surface area contributed by atoms with Gasteiger partial charge < -0.3 is 14.7 Å². The van der Waals surface area contributed by atoms with Gasteiger partial charge in [0.1, 0.15) is 18.0 Å². The molecule has 1 amide bonds. The molecule has 0 saturated carbocycles. The summed E-state index contributed by atoms with van der Waals surface area (Å²) >= 11 is 0. The smallest absolute Gasteiger partial charge is 0.254 e. The number of nitrogens with one attached hydrogen (secondary N) is 1. The van der Waals surface area contributed by atoms with Crippen LogP contribution in [0.15, 0.2) is 42.5 Å². The van der Waals surface area contributed by atoms with Crippen LogP contribution in [0.1, 0.15) is 34.8 Å². The van der Waals surface area contributed by atoms with E-state index in [2.05, 4.69) is 4.72 Å². The zero-order valence-electron chi connectivity index (χ0n) is 17.5. The summed E-state index contributed by atoms with van der Waals surface area (Å²) in [5, 5.41) is 10.4. The van der Waals surface area contributed by atoms with Crippen molar-refractivity contribution in [3.05, 3.63) is 59.2 Å². The second-order valence-corrected chi connectivity index (χ2v) is 9.54. The summed E-state index contributed by atoms with van der Waals surface area (Å²) in [5.41, 5.74) is 2.90. The maximum absolute atomic E-state index is 12.9. The maximum Gasteiger partial charge on any atom is 0.254 e. The number of benzene rings is 2. The van der Waals surface area contributed by atoms with Gasteiger partial charge in [-0.25, -0.2) is 8.42 Å². The molecule has 8 heteroatoms. The molecular weight excluding hydrogens is 404 g/mol. The third-order valence-corrected chi connectivity index (χ3v) is 6.51. The van der Waals surface area contributed by atoms with Gasteiger partial charge in [-0.05, 0) is 44.0 Å². The van der Waals surface area contributed by atoms with Gasteiger partial charge in [0, 0.05) is 11.6 Å². The molecule has 7 nitrogen and oxygen atoms in total. The van der Waals surface area contributed by atoms with Gasteiger partial charge in [-0.1, -0.05) is 30.7 Å². The highest BCUT2D eigenvalue weighted by atomic mass is 32.2. The topological polar surface area (TPSA) is 95.9 Å². The Morgan fingerprint density at radius 1 is 1.20 bits per heavy atom. The summed E-state index contributed by atoms with van der Waals surface area (Å²) in [5.74, 6) is 0.328. The Labute approximate surface area is 177 Å². The molecule has 162 valence electrons. The fourth-order valence-corrected chi connectivity index (χ4v) is 4.61. The van der Waals surface area contributed by atoms with Gasteiger partial charge in [0.2, 0.25) is 10.0 Å². The minimum Gasteiger partial charge on any atom is -0.486 e. The molecule has 0 spiro atoms. The first-order valence-electron chi connectivity index (χ1n) is 10.0. The van der Waals surface area contributed by atoms with E-state index in [4.69, 9.17) is 4.74 Å². The number of rotatable bonds is 7. The predicted octanol–water partition coefficient (Wildman–Crippen LogP) is 2.72. The number of hydrogen-bond acceptors (Lipinski definition) is 5. The van der Waals surface area contributed by atoms with E-state index < -0.39 is 22.2 Å². The third kappa shape index (κ3) is 5.31. The Morgan fingerprint density at radius 2 is 1.97 bits per heavy atom. The normalized spacial score (nSPS) is 19.0. The average molecular weight is 433 g/mol. The number of β-amino-alcohol motifs (C(OH)–C–C–N with tert-alkyl or cyclic N) is 1. The number of anilines is 1. The van der Waals surface area contributed by atoms with E-state index in [1.165, 1.54) is 0 Å². The van der Waals surface area contributed by atoms with E-state index in [0.29, 0.717) is 23.4 Å². The number of amides is 1. The lowest BCUT2D eigenvalue weighted by molar-refractivity contribution is 0.0730. The largest absolute Gasteiger partial charge is 0.486 e. The summed E-state index contributed by atoms with van der Waals surface area (Å²) < 4.78 is 32.4. The molecule has 3 rings (SSSR count). The highest BCUT2D eigenvalue weighted by Crippen LogP contribution is 2.24. The van der Waals surface area contributed by atoms with Crippen molar-refractivity contribution < 1.29 is 23.1 Å². The van der Waals surface area contributed by atoms with Crippen molar-refractivity contribution in [1.29, 1.82) is 0 Å². The average Bonchev–Trinajstić information content (AvgIpc) is 3.03. The highest BCUT2D eigenvalue weighted by Gasteiger charge is 2.36. The lowest BCUT2D eigenvalue weighted by Crippen LogP contribution is -2.31. The second kappa shape index (κ2) is 9.06. The maximum atomic E-state index is 12.9. The number of aliphatic hydroxyl groups excluding tert-OH is 1. The summed E-state index contributed by atoms with van der Waals surface area (Å²) in [4.78, 5) is 14.5. The van der Waals surface area contributed by atoms with E-state index in [1.807, 2.05) is 32.0 Å². The number of likely N-dealkylation sites (tertiary alicyclic amines) is 1. The monoisotopic (exact) mass is 432 g/mol. The van der Waals surface area contributed by atoms with Crippen LogP contribution in [0.25, 0.3) is 0 Å². The Balaban J connectivity index is 1.69. The van der Waals surface area contributed by atoms with Crippen molar-refractivity contribution in [2.75, 3.05) is 23.6 Å². The quantitative estimate of drug-likeness (QED) is 0.701. The molecule has 0 aromatic heterocycles. The van der Waals surface area contributed by atoms with Crippen LogP contribution in [-0.2, 0) is 10.0 Å². The molecule has 1 fully saturated rings. The minimum absolute atomic E-state index is 0.0366. The molecule has 0 bridgehead atoms. The SMILES string of the molecule is CCCS(=O)(=O)Nc1cccc(O[C@@H]2CN(C(=O)c3cc(C)ccc3C)C[C@H]2O)c1. The van der Waals surface area contributed by atoms with E-state index in [-0.39, 0.29) is 24.7 Å². The van der Waals surface area contributed by atoms with E-state index in [1.54, 1.807) is 36.1 Å². The molecular formula is C22H28N2O5S. The molecule has 2 N–H and O–H groups in total. The fraction of sp³-hybridized carbons (Fsp3) is 0.409. The number of hydrogen-bond donors (Lipinski definition) is 2. The Hall–Kier alpha value is -2.58. The van der Waals surface area contributed by atoms with E-state index in [9.17, 15) is 18.3 Å². The van der Waals surface area contributed by atoms with Crippen LogP contribution >= 0.6 is 0 Å². The van der Waals surface area contributed by atoms with Crippen molar-refractivity contribution in [3.63, 3.8) is 0 Å². The number of carbonyl (C=O) groups is 1. The van der Waals surface area contributed by atoms with Gasteiger partial charge in [0.05, 0.1) is 24.5 Å². The van der Waals surface area contributed by atoms with E-state index >= 15 is 0 Å². The highest BCUT2D eigenvalue weighted by molar-refractivity contribution is 7.92. The number of carbonyl (C=O) groups excluding carboxylic acids is 1. The third-order valence-electron chi connectivity index (χ3n) is 5.02.